The van der Waals surface area contributed by atoms with E-state index in [1.54, 1.807) is 6.20 Å². The summed E-state index contributed by atoms with van der Waals surface area (Å²) in [5.74, 6) is 1.18. The minimum Gasteiger partial charge on any atom is -0.366 e. The molecule has 1 atom stereocenters. The maximum absolute atomic E-state index is 12.9. The van der Waals surface area contributed by atoms with Crippen molar-refractivity contribution < 1.29 is 4.79 Å². The molecule has 1 fully saturated rings. The van der Waals surface area contributed by atoms with Gasteiger partial charge in [-0.15, -0.1) is 5.10 Å². The van der Waals surface area contributed by atoms with Gasteiger partial charge in [0.25, 0.3) is 0 Å². The average Bonchev–Trinajstić information content (AvgIpc) is 3.07. The van der Waals surface area contributed by atoms with Gasteiger partial charge in [0.05, 0.1) is 5.92 Å². The van der Waals surface area contributed by atoms with Crippen LogP contribution in [0.4, 0.5) is 5.82 Å². The molecule has 24 heavy (non-hydrogen) atoms. The first-order valence-electron chi connectivity index (χ1n) is 8.72. The first kappa shape index (κ1) is 15.1. The van der Waals surface area contributed by atoms with Crippen molar-refractivity contribution in [3.05, 3.63) is 53.7 Å². The second kappa shape index (κ2) is 6.59. The van der Waals surface area contributed by atoms with Crippen LogP contribution in [0, 0.1) is 0 Å². The van der Waals surface area contributed by atoms with E-state index < -0.39 is 0 Å². The molecule has 1 saturated heterocycles. The fraction of sp³-hybridized carbons (Fsp3) is 0.421. The van der Waals surface area contributed by atoms with Gasteiger partial charge in [0.1, 0.15) is 5.82 Å². The van der Waals surface area contributed by atoms with Crippen LogP contribution < -0.4 is 5.32 Å². The number of anilines is 1. The zero-order valence-electron chi connectivity index (χ0n) is 13.7. The Hall–Kier alpha value is -2.43. The van der Waals surface area contributed by atoms with Crippen LogP contribution in [0.25, 0.3) is 0 Å². The third-order valence-corrected chi connectivity index (χ3v) is 5.16. The lowest BCUT2D eigenvalue weighted by atomic mass is 9.97. The number of rotatable bonds is 3. The third kappa shape index (κ3) is 2.98. The van der Waals surface area contributed by atoms with E-state index in [-0.39, 0.29) is 5.92 Å². The van der Waals surface area contributed by atoms with Crippen LogP contribution in [-0.4, -0.2) is 40.1 Å². The number of aryl methyl sites for hydroxylation is 1. The number of nitrogens with one attached hydrogen (secondary N) is 1. The van der Waals surface area contributed by atoms with Crippen molar-refractivity contribution in [1.82, 2.24) is 15.1 Å². The number of nitrogens with zero attached hydrogens (tertiary/aromatic N) is 3. The molecule has 1 aliphatic heterocycles. The summed E-state index contributed by atoms with van der Waals surface area (Å²) in [5.41, 5.74) is 2.58. The Morgan fingerprint density at radius 3 is 2.71 bits per heavy atom. The maximum Gasteiger partial charge on any atom is 0.230 e. The van der Waals surface area contributed by atoms with E-state index in [0.29, 0.717) is 11.9 Å². The molecule has 0 saturated carbocycles. The molecule has 5 heteroatoms. The fourth-order valence-corrected chi connectivity index (χ4v) is 3.87. The van der Waals surface area contributed by atoms with Crippen molar-refractivity contribution in [3.63, 3.8) is 0 Å². The summed E-state index contributed by atoms with van der Waals surface area (Å²) in [6, 6.07) is 12.6. The highest BCUT2D eigenvalue weighted by molar-refractivity contribution is 5.85. The lowest BCUT2D eigenvalue weighted by Crippen LogP contribution is -2.44. The van der Waals surface area contributed by atoms with Gasteiger partial charge < -0.3 is 10.2 Å². The zero-order chi connectivity index (χ0) is 16.4. The van der Waals surface area contributed by atoms with Gasteiger partial charge in [-0.1, -0.05) is 24.3 Å². The highest BCUT2D eigenvalue weighted by Crippen LogP contribution is 2.34. The third-order valence-electron chi connectivity index (χ3n) is 5.16. The molecule has 124 valence electrons. The van der Waals surface area contributed by atoms with Gasteiger partial charge in [-0.3, -0.25) is 4.79 Å². The van der Waals surface area contributed by atoms with E-state index in [0.717, 1.165) is 44.6 Å². The number of hydrogen-bond acceptors (Lipinski definition) is 4. The quantitative estimate of drug-likeness (QED) is 0.944. The van der Waals surface area contributed by atoms with Crippen LogP contribution in [0.5, 0.6) is 0 Å². The molecule has 4 rings (SSSR count). The number of piperidine rings is 1. The molecule has 1 aromatic carbocycles. The first-order valence-corrected chi connectivity index (χ1v) is 8.72. The van der Waals surface area contributed by atoms with E-state index in [9.17, 15) is 4.79 Å². The van der Waals surface area contributed by atoms with Gasteiger partial charge in [-0.25, -0.2) is 0 Å². The lowest BCUT2D eigenvalue weighted by molar-refractivity contribution is -0.133. The number of aromatic nitrogens is 2. The van der Waals surface area contributed by atoms with Crippen LogP contribution in [0.3, 0.4) is 0 Å². The normalized spacial score (nSPS) is 20.7. The second-order valence-corrected chi connectivity index (χ2v) is 6.64. The van der Waals surface area contributed by atoms with Crippen molar-refractivity contribution in [2.75, 3.05) is 18.4 Å². The number of hydrogen-bond donors (Lipinski definition) is 1. The summed E-state index contributed by atoms with van der Waals surface area (Å²) in [6.07, 6.45) is 5.56. The minimum absolute atomic E-state index is 0.0608. The molecule has 0 radical (unpaired) electrons. The summed E-state index contributed by atoms with van der Waals surface area (Å²) >= 11 is 0. The van der Waals surface area contributed by atoms with E-state index in [4.69, 9.17) is 0 Å². The molecule has 1 amide bonds. The molecule has 0 bridgehead atoms. The van der Waals surface area contributed by atoms with Gasteiger partial charge in [0, 0.05) is 25.3 Å². The monoisotopic (exact) mass is 322 g/mol. The Balaban J connectivity index is 1.35. The van der Waals surface area contributed by atoms with Gasteiger partial charge in [-0.05, 0) is 48.9 Å². The van der Waals surface area contributed by atoms with Crippen LogP contribution in [0.2, 0.25) is 0 Å². The summed E-state index contributed by atoms with van der Waals surface area (Å²) in [5, 5.41) is 11.4. The Morgan fingerprint density at radius 2 is 1.92 bits per heavy atom. The number of fused-ring (bicyclic) bond motifs is 1. The van der Waals surface area contributed by atoms with Crippen molar-refractivity contribution in [2.45, 2.75) is 37.6 Å². The number of benzene rings is 1. The maximum atomic E-state index is 12.9. The minimum atomic E-state index is 0.0608. The Labute approximate surface area is 142 Å². The highest BCUT2D eigenvalue weighted by atomic mass is 16.2. The topological polar surface area (TPSA) is 58.1 Å². The summed E-state index contributed by atoms with van der Waals surface area (Å²) in [7, 11) is 0. The molecule has 5 nitrogen and oxygen atoms in total. The SMILES string of the molecule is O=C([C@@H]1CCc2ccccc21)N1CCC(Nc2cccnn2)CC1. The van der Waals surface area contributed by atoms with Gasteiger partial charge in [0.15, 0.2) is 0 Å². The Morgan fingerprint density at radius 1 is 1.08 bits per heavy atom. The summed E-state index contributed by atoms with van der Waals surface area (Å²) in [6.45, 7) is 1.63. The molecule has 0 unspecified atom stereocenters. The van der Waals surface area contributed by atoms with Gasteiger partial charge >= 0.3 is 0 Å². The van der Waals surface area contributed by atoms with Crippen molar-refractivity contribution in [3.8, 4) is 0 Å². The smallest absolute Gasteiger partial charge is 0.230 e. The van der Waals surface area contributed by atoms with Crippen molar-refractivity contribution >= 4 is 11.7 Å². The van der Waals surface area contributed by atoms with E-state index in [1.807, 2.05) is 23.1 Å². The van der Waals surface area contributed by atoms with Crippen molar-refractivity contribution in [2.24, 2.45) is 0 Å². The zero-order valence-corrected chi connectivity index (χ0v) is 13.7. The van der Waals surface area contributed by atoms with Gasteiger partial charge in [-0.2, -0.15) is 5.10 Å². The molecule has 2 heterocycles. The van der Waals surface area contributed by atoms with Crippen LogP contribution in [0.15, 0.2) is 42.6 Å². The van der Waals surface area contributed by atoms with Crippen molar-refractivity contribution in [1.29, 1.82) is 0 Å². The first-order chi connectivity index (χ1) is 11.8. The molecule has 1 aliphatic carbocycles. The Kier molecular flexibility index (Phi) is 4.15. The fourth-order valence-electron chi connectivity index (χ4n) is 3.87. The molecular formula is C19H22N4O. The molecule has 2 aromatic rings. The standard InChI is InChI=1S/C19H22N4O/c24-19(17-8-7-14-4-1-2-5-16(14)17)23-12-9-15(10-13-23)21-18-6-3-11-20-22-18/h1-6,11,15,17H,7-10,12-13H2,(H,21,22)/t17-/m1/s1. The van der Waals surface area contributed by atoms with Crippen LogP contribution in [0.1, 0.15) is 36.3 Å². The number of likely N-dealkylation sites (tertiary alicyclic amines) is 1. The van der Waals surface area contributed by atoms with E-state index in [2.05, 4.69) is 33.7 Å². The highest BCUT2D eigenvalue weighted by Gasteiger charge is 2.33. The predicted molar refractivity (Wildman–Crippen MR) is 92.8 cm³/mol. The number of amides is 1. The second-order valence-electron chi connectivity index (χ2n) is 6.64. The van der Waals surface area contributed by atoms with Crippen LogP contribution in [-0.2, 0) is 11.2 Å². The largest absolute Gasteiger partial charge is 0.366 e. The molecule has 1 N–H and O–H groups in total. The number of carbonyl (C=O) groups is 1. The molecule has 0 spiro atoms. The predicted octanol–water partition coefficient (Wildman–Crippen LogP) is 2.61. The van der Waals surface area contributed by atoms with Gasteiger partial charge in [0.2, 0.25) is 5.91 Å². The summed E-state index contributed by atoms with van der Waals surface area (Å²) in [4.78, 5) is 15.0. The molecular weight excluding hydrogens is 300 g/mol. The lowest BCUT2D eigenvalue weighted by Gasteiger charge is -2.34. The number of carbonyl (C=O) groups excluding carboxylic acids is 1. The van der Waals surface area contributed by atoms with E-state index in [1.165, 1.54) is 11.1 Å². The molecule has 1 aromatic heterocycles. The van der Waals surface area contributed by atoms with Crippen LogP contribution >= 0.6 is 0 Å². The molecule has 2 aliphatic rings. The average molecular weight is 322 g/mol. The summed E-state index contributed by atoms with van der Waals surface area (Å²) < 4.78 is 0. The Bertz CT molecular complexity index is 710. The van der Waals surface area contributed by atoms with E-state index >= 15 is 0 Å².